The molecule has 2 aromatic carbocycles. The number of carboxylic acid groups (broad SMARTS) is 1. The number of phenols is 1. The number of hydrogen-bond donors (Lipinski definition) is 2. The highest BCUT2D eigenvalue weighted by Gasteiger charge is 2.26. The average molecular weight is 400 g/mol. The van der Waals surface area contributed by atoms with Crippen LogP contribution >= 0.6 is 0 Å². The van der Waals surface area contributed by atoms with E-state index in [1.165, 1.54) is 26.4 Å². The normalized spacial score (nSPS) is 13.7. The van der Waals surface area contributed by atoms with Gasteiger partial charge in [0.1, 0.15) is 5.82 Å². The van der Waals surface area contributed by atoms with Crippen molar-refractivity contribution in [2.45, 2.75) is 27.2 Å². The minimum absolute atomic E-state index is 0.102. The fraction of sp³-hybridized carbons (Fsp3) is 0.261. The van der Waals surface area contributed by atoms with Crippen molar-refractivity contribution < 1.29 is 28.9 Å². The Labute approximate surface area is 169 Å². The Balaban J connectivity index is 0.00000145. The second-order valence-electron chi connectivity index (χ2n) is 6.20. The molecule has 2 aromatic rings. The average Bonchev–Trinajstić information content (AvgIpc) is 2.95. The molecule has 154 valence electrons. The Bertz CT molecular complexity index is 964. The van der Waals surface area contributed by atoms with Gasteiger partial charge in [0.2, 0.25) is 5.75 Å². The zero-order valence-electron chi connectivity index (χ0n) is 17.2. The van der Waals surface area contributed by atoms with Crippen LogP contribution in [-0.4, -0.2) is 30.4 Å². The Kier molecular flexibility index (Phi) is 7.04. The van der Waals surface area contributed by atoms with E-state index >= 15 is 0 Å². The maximum Gasteiger partial charge on any atom is 0.307 e. The topological polar surface area (TPSA) is 76.0 Å². The van der Waals surface area contributed by atoms with E-state index in [9.17, 15) is 19.4 Å². The molecule has 6 heteroatoms. The van der Waals surface area contributed by atoms with Crippen LogP contribution < -0.4 is 9.47 Å². The van der Waals surface area contributed by atoms with Crippen molar-refractivity contribution in [1.29, 1.82) is 0 Å². The lowest BCUT2D eigenvalue weighted by Crippen LogP contribution is -1.97. The summed E-state index contributed by atoms with van der Waals surface area (Å²) in [7, 11) is 2.88. The second kappa shape index (κ2) is 9.28. The lowest BCUT2D eigenvalue weighted by atomic mass is 10.00. The third-order valence-electron chi connectivity index (χ3n) is 4.59. The molecular weight excluding hydrogens is 375 g/mol. The summed E-state index contributed by atoms with van der Waals surface area (Å²) in [5.74, 6) is -0.987. The molecule has 0 heterocycles. The molecule has 29 heavy (non-hydrogen) atoms. The van der Waals surface area contributed by atoms with E-state index in [4.69, 9.17) is 9.47 Å². The minimum Gasteiger partial charge on any atom is -0.502 e. The highest BCUT2D eigenvalue weighted by atomic mass is 19.1. The lowest BCUT2D eigenvalue weighted by Gasteiger charge is -2.11. The summed E-state index contributed by atoms with van der Waals surface area (Å²) in [5, 5.41) is 19.3. The highest BCUT2D eigenvalue weighted by Crippen LogP contribution is 2.45. The van der Waals surface area contributed by atoms with Crippen molar-refractivity contribution in [2.24, 2.45) is 0 Å². The van der Waals surface area contributed by atoms with Gasteiger partial charge in [-0.2, -0.15) is 0 Å². The summed E-state index contributed by atoms with van der Waals surface area (Å²) in [6.07, 6.45) is 1.65. The molecule has 0 bridgehead atoms. The molecule has 0 aromatic heterocycles. The van der Waals surface area contributed by atoms with Crippen LogP contribution in [0.1, 0.15) is 43.9 Å². The molecule has 0 saturated carbocycles. The van der Waals surface area contributed by atoms with Crippen LogP contribution in [0.5, 0.6) is 17.2 Å². The number of fused-ring (bicyclic) bond motifs is 1. The van der Waals surface area contributed by atoms with Gasteiger partial charge in [-0.3, -0.25) is 4.79 Å². The number of phenolic OH excluding ortho intramolecular Hbond substituents is 1. The van der Waals surface area contributed by atoms with Gasteiger partial charge < -0.3 is 19.7 Å². The number of allylic oxidation sites excluding steroid dienone is 2. The summed E-state index contributed by atoms with van der Waals surface area (Å²) in [5.41, 5.74) is 4.18. The minimum atomic E-state index is -0.978. The second-order valence-corrected chi connectivity index (χ2v) is 6.20. The third-order valence-corrected chi connectivity index (χ3v) is 4.59. The van der Waals surface area contributed by atoms with Crippen molar-refractivity contribution in [3.8, 4) is 17.2 Å². The SMILES string of the molecule is CC.COc1cc(/C=C2/C(C)=C(CC(=O)O)c3cc(F)ccc32)cc(OC)c1O. The zero-order valence-corrected chi connectivity index (χ0v) is 17.2. The lowest BCUT2D eigenvalue weighted by molar-refractivity contribution is -0.135. The van der Waals surface area contributed by atoms with Crippen LogP contribution in [-0.2, 0) is 4.79 Å². The van der Waals surface area contributed by atoms with E-state index < -0.39 is 11.8 Å². The van der Waals surface area contributed by atoms with Crippen molar-refractivity contribution in [3.63, 3.8) is 0 Å². The Morgan fingerprint density at radius 2 is 1.66 bits per heavy atom. The number of benzene rings is 2. The summed E-state index contributed by atoms with van der Waals surface area (Å²) in [4.78, 5) is 11.3. The molecule has 5 nitrogen and oxygen atoms in total. The van der Waals surface area contributed by atoms with E-state index in [0.717, 1.165) is 16.7 Å². The first-order valence-electron chi connectivity index (χ1n) is 9.24. The molecule has 0 atom stereocenters. The number of carboxylic acids is 1. The van der Waals surface area contributed by atoms with Crippen LogP contribution in [0.15, 0.2) is 35.9 Å². The van der Waals surface area contributed by atoms with Gasteiger partial charge in [-0.05, 0) is 70.7 Å². The van der Waals surface area contributed by atoms with Crippen molar-refractivity contribution in [3.05, 3.63) is 58.4 Å². The first-order valence-corrected chi connectivity index (χ1v) is 9.24. The van der Waals surface area contributed by atoms with Gasteiger partial charge in [-0.1, -0.05) is 19.9 Å². The molecule has 0 spiro atoms. The van der Waals surface area contributed by atoms with Gasteiger partial charge in [0.15, 0.2) is 11.5 Å². The largest absolute Gasteiger partial charge is 0.502 e. The Hall–Kier alpha value is -3.28. The third kappa shape index (κ3) is 4.42. The van der Waals surface area contributed by atoms with Crippen molar-refractivity contribution in [2.75, 3.05) is 14.2 Å². The number of aliphatic carboxylic acids is 1. The van der Waals surface area contributed by atoms with E-state index in [2.05, 4.69) is 0 Å². The maximum absolute atomic E-state index is 13.7. The van der Waals surface area contributed by atoms with E-state index in [1.54, 1.807) is 18.2 Å². The quantitative estimate of drug-likeness (QED) is 0.705. The van der Waals surface area contributed by atoms with Crippen LogP contribution in [0, 0.1) is 5.82 Å². The monoisotopic (exact) mass is 400 g/mol. The van der Waals surface area contributed by atoms with E-state index in [1.807, 2.05) is 26.8 Å². The fourth-order valence-corrected chi connectivity index (χ4v) is 3.30. The smallest absolute Gasteiger partial charge is 0.307 e. The number of ether oxygens (including phenoxy) is 2. The number of rotatable bonds is 5. The number of methoxy groups -OCH3 is 2. The molecule has 0 radical (unpaired) electrons. The molecular formula is C23H25FO5. The molecule has 0 fully saturated rings. The molecule has 0 saturated heterocycles. The number of carbonyl (C=O) groups is 1. The summed E-state index contributed by atoms with van der Waals surface area (Å²) >= 11 is 0. The van der Waals surface area contributed by atoms with Gasteiger partial charge >= 0.3 is 5.97 Å². The predicted molar refractivity (Wildman–Crippen MR) is 112 cm³/mol. The first-order chi connectivity index (χ1) is 13.8. The number of halogens is 1. The van der Waals surface area contributed by atoms with E-state index in [-0.39, 0.29) is 23.7 Å². The first kappa shape index (κ1) is 22.0. The fourth-order valence-electron chi connectivity index (χ4n) is 3.30. The molecule has 0 amide bonds. The van der Waals surface area contributed by atoms with Gasteiger partial charge in [-0.25, -0.2) is 4.39 Å². The van der Waals surface area contributed by atoms with Gasteiger partial charge in [0, 0.05) is 0 Å². The Morgan fingerprint density at radius 3 is 2.17 bits per heavy atom. The van der Waals surface area contributed by atoms with Crippen LogP contribution in [0.4, 0.5) is 4.39 Å². The molecule has 0 unspecified atom stereocenters. The Morgan fingerprint density at radius 1 is 1.07 bits per heavy atom. The van der Waals surface area contributed by atoms with Crippen LogP contribution in [0.3, 0.4) is 0 Å². The summed E-state index contributed by atoms with van der Waals surface area (Å²) in [6, 6.07) is 7.65. The molecule has 0 aliphatic heterocycles. The van der Waals surface area contributed by atoms with Crippen LogP contribution in [0.25, 0.3) is 17.2 Å². The highest BCUT2D eigenvalue weighted by molar-refractivity contribution is 6.07. The summed E-state index contributed by atoms with van der Waals surface area (Å²) in [6.45, 7) is 5.82. The zero-order chi connectivity index (χ0) is 21.7. The van der Waals surface area contributed by atoms with Gasteiger partial charge in [-0.15, -0.1) is 0 Å². The molecule has 2 N–H and O–H groups in total. The molecule has 3 rings (SSSR count). The predicted octanol–water partition coefficient (Wildman–Crippen LogP) is 5.38. The summed E-state index contributed by atoms with van der Waals surface area (Å²) < 4.78 is 24.1. The maximum atomic E-state index is 13.7. The molecule has 1 aliphatic carbocycles. The van der Waals surface area contributed by atoms with E-state index in [0.29, 0.717) is 16.7 Å². The van der Waals surface area contributed by atoms with Crippen molar-refractivity contribution in [1.82, 2.24) is 0 Å². The van der Waals surface area contributed by atoms with Gasteiger partial charge in [0.05, 0.1) is 20.6 Å². The number of hydrogen-bond acceptors (Lipinski definition) is 4. The number of aromatic hydroxyl groups is 1. The van der Waals surface area contributed by atoms with Gasteiger partial charge in [0.25, 0.3) is 0 Å². The standard InChI is InChI=1S/C21H19FO5.C2H6/c1-11-15(6-12-7-18(26-2)21(25)19(8-12)27-3)14-5-4-13(22)9-17(14)16(11)10-20(23)24;1-2/h4-9,25H,10H2,1-3H3,(H,23,24);1-2H3/b15-6-;. The molecule has 1 aliphatic rings. The van der Waals surface area contributed by atoms with Crippen molar-refractivity contribution >= 4 is 23.2 Å². The van der Waals surface area contributed by atoms with Crippen LogP contribution in [0.2, 0.25) is 0 Å².